The summed E-state index contributed by atoms with van der Waals surface area (Å²) in [5.41, 5.74) is 4.38. The molecule has 3 aromatic rings. The van der Waals surface area contributed by atoms with Gasteiger partial charge in [0.05, 0.1) is 36.1 Å². The zero-order valence-electron chi connectivity index (χ0n) is 19.3. The third kappa shape index (κ3) is 4.19. The fourth-order valence-electron chi connectivity index (χ4n) is 4.20. The Hall–Kier alpha value is -3.92. The van der Waals surface area contributed by atoms with Gasteiger partial charge in [-0.05, 0) is 25.6 Å². The number of nitrogens with zero attached hydrogens (tertiary/aromatic N) is 4. The van der Waals surface area contributed by atoms with Crippen molar-refractivity contribution in [3.63, 3.8) is 0 Å². The quantitative estimate of drug-likeness (QED) is 0.537. The van der Waals surface area contributed by atoms with Gasteiger partial charge in [0.2, 0.25) is 5.95 Å². The van der Waals surface area contributed by atoms with Crippen molar-refractivity contribution in [2.24, 2.45) is 0 Å². The van der Waals surface area contributed by atoms with Crippen molar-refractivity contribution in [2.75, 3.05) is 61.2 Å². The second-order valence-corrected chi connectivity index (χ2v) is 8.50. The number of aromatic nitrogens is 2. The van der Waals surface area contributed by atoms with Gasteiger partial charge >= 0.3 is 6.03 Å². The van der Waals surface area contributed by atoms with Crippen molar-refractivity contribution >= 4 is 34.7 Å². The topological polar surface area (TPSA) is 94.7 Å². The summed E-state index contributed by atoms with van der Waals surface area (Å²) < 4.78 is 20.7. The van der Waals surface area contributed by atoms with Crippen molar-refractivity contribution in [3.8, 4) is 17.0 Å². The first-order valence-corrected chi connectivity index (χ1v) is 11.1. The Morgan fingerprint density at radius 2 is 1.85 bits per heavy atom. The van der Waals surface area contributed by atoms with Gasteiger partial charge in [0.25, 0.3) is 0 Å². The highest BCUT2D eigenvalue weighted by molar-refractivity contribution is 6.07. The van der Waals surface area contributed by atoms with E-state index in [-0.39, 0.29) is 17.8 Å². The molecule has 1 saturated heterocycles. The fourth-order valence-corrected chi connectivity index (χ4v) is 4.20. The molecule has 0 spiro atoms. The summed E-state index contributed by atoms with van der Waals surface area (Å²) in [6.45, 7) is 5.19. The maximum absolute atomic E-state index is 15.1. The molecule has 0 aliphatic carbocycles. The molecule has 176 valence electrons. The molecule has 9 nitrogen and oxygen atoms in total. The monoisotopic (exact) mass is 463 g/mol. The van der Waals surface area contributed by atoms with E-state index < -0.39 is 0 Å². The van der Waals surface area contributed by atoms with Crippen molar-refractivity contribution in [3.05, 3.63) is 47.9 Å². The van der Waals surface area contributed by atoms with Crippen molar-refractivity contribution in [2.45, 2.75) is 6.92 Å². The average Bonchev–Trinajstić information content (AvgIpc) is 2.94. The number of fused-ring (bicyclic) bond motifs is 3. The number of rotatable bonds is 4. The number of benzene rings is 2. The van der Waals surface area contributed by atoms with Crippen molar-refractivity contribution < 1.29 is 13.9 Å². The summed E-state index contributed by atoms with van der Waals surface area (Å²) in [6.07, 6.45) is 1.53. The van der Waals surface area contributed by atoms with Crippen LogP contribution >= 0.6 is 0 Å². The summed E-state index contributed by atoms with van der Waals surface area (Å²) in [5, 5.41) is 8.67. The second kappa shape index (κ2) is 8.79. The van der Waals surface area contributed by atoms with Crippen LogP contribution in [0, 0.1) is 12.7 Å². The van der Waals surface area contributed by atoms with E-state index in [0.717, 1.165) is 37.3 Å². The lowest BCUT2D eigenvalue weighted by atomic mass is 10.1. The second-order valence-electron chi connectivity index (χ2n) is 8.50. The molecular weight excluding hydrogens is 437 g/mol. The molecule has 0 bridgehead atoms. The highest BCUT2D eigenvalue weighted by Gasteiger charge is 2.23. The third-order valence-electron chi connectivity index (χ3n) is 6.07. The first-order valence-electron chi connectivity index (χ1n) is 11.1. The maximum atomic E-state index is 15.1. The van der Waals surface area contributed by atoms with E-state index in [1.54, 1.807) is 13.2 Å². The molecule has 3 heterocycles. The van der Waals surface area contributed by atoms with Crippen molar-refractivity contribution in [1.29, 1.82) is 0 Å². The molecule has 3 N–H and O–H groups in total. The minimum atomic E-state index is -0.363. The first-order chi connectivity index (χ1) is 16.4. The number of piperazine rings is 1. The van der Waals surface area contributed by atoms with E-state index >= 15 is 4.39 Å². The minimum absolute atomic E-state index is 0.256. The van der Waals surface area contributed by atoms with Gasteiger partial charge in [0.15, 0.2) is 0 Å². The number of likely N-dealkylation sites (N-methyl/N-ethyl adjacent to an activating group) is 1. The Labute approximate surface area is 197 Å². The smallest absolute Gasteiger partial charge is 0.323 e. The molecule has 0 unspecified atom stereocenters. The summed E-state index contributed by atoms with van der Waals surface area (Å²) >= 11 is 0. The number of halogens is 1. The van der Waals surface area contributed by atoms with Crippen LogP contribution in [0.4, 0.5) is 37.9 Å². The average molecular weight is 464 g/mol. The molecule has 0 atom stereocenters. The summed E-state index contributed by atoms with van der Waals surface area (Å²) in [7, 11) is 3.60. The van der Waals surface area contributed by atoms with Gasteiger partial charge in [-0.25, -0.2) is 19.2 Å². The largest absolute Gasteiger partial charge is 0.494 e. The summed E-state index contributed by atoms with van der Waals surface area (Å²) in [5.74, 6) is 0.395. The van der Waals surface area contributed by atoms with Crippen LogP contribution in [-0.2, 0) is 0 Å². The molecule has 2 aliphatic rings. The zero-order chi connectivity index (χ0) is 23.8. The fraction of sp³-hybridized carbons (Fsp3) is 0.292. The van der Waals surface area contributed by atoms with Crippen LogP contribution < -0.4 is 25.6 Å². The molecule has 1 fully saturated rings. The predicted octanol–water partition coefficient (Wildman–Crippen LogP) is 4.05. The zero-order valence-corrected chi connectivity index (χ0v) is 19.3. The molecule has 2 amide bonds. The number of urea groups is 1. The lowest BCUT2D eigenvalue weighted by Crippen LogP contribution is -2.44. The number of hydrogen-bond acceptors (Lipinski definition) is 7. The van der Waals surface area contributed by atoms with Gasteiger partial charge < -0.3 is 30.5 Å². The van der Waals surface area contributed by atoms with E-state index in [1.165, 1.54) is 12.3 Å². The molecule has 1 aromatic heterocycles. The molecule has 0 radical (unpaired) electrons. The summed E-state index contributed by atoms with van der Waals surface area (Å²) in [4.78, 5) is 25.4. The van der Waals surface area contributed by atoms with Gasteiger partial charge in [-0.2, -0.15) is 0 Å². The van der Waals surface area contributed by atoms with E-state index in [9.17, 15) is 4.79 Å². The lowest BCUT2D eigenvalue weighted by Gasteiger charge is -2.34. The molecule has 2 aliphatic heterocycles. The molecule has 5 rings (SSSR count). The number of aryl methyl sites for hydroxylation is 1. The predicted molar refractivity (Wildman–Crippen MR) is 131 cm³/mol. The number of methoxy groups -OCH3 is 1. The minimum Gasteiger partial charge on any atom is -0.494 e. The Balaban J connectivity index is 1.48. The van der Waals surface area contributed by atoms with E-state index in [2.05, 4.69) is 37.9 Å². The number of anilines is 5. The van der Waals surface area contributed by atoms with Crippen LogP contribution in [0.25, 0.3) is 11.3 Å². The number of ether oxygens (including phenoxy) is 1. The first kappa shape index (κ1) is 21.9. The van der Waals surface area contributed by atoms with Crippen LogP contribution in [0.5, 0.6) is 5.75 Å². The number of nitrogens with one attached hydrogen (secondary N) is 3. The van der Waals surface area contributed by atoms with Crippen LogP contribution in [0.1, 0.15) is 5.56 Å². The Bertz CT molecular complexity index is 1260. The molecular formula is C24H26FN7O2. The van der Waals surface area contributed by atoms with E-state index in [0.29, 0.717) is 34.2 Å². The van der Waals surface area contributed by atoms with E-state index in [4.69, 9.17) is 4.74 Å². The SMILES string of the molecule is COc1cc(N2CCN(C)CC2)c(F)cc1Nc1ncc2c(n1)-c1ccc(C)cc1NC(=O)N2. The van der Waals surface area contributed by atoms with E-state index in [1.807, 2.05) is 30.0 Å². The molecule has 0 saturated carbocycles. The number of amides is 2. The van der Waals surface area contributed by atoms with Crippen LogP contribution in [-0.4, -0.2) is 61.2 Å². The molecule has 2 aromatic carbocycles. The maximum Gasteiger partial charge on any atom is 0.323 e. The Morgan fingerprint density at radius 3 is 2.62 bits per heavy atom. The normalized spacial score (nSPS) is 15.5. The van der Waals surface area contributed by atoms with Gasteiger partial charge in [-0.15, -0.1) is 0 Å². The van der Waals surface area contributed by atoms with Gasteiger partial charge in [0.1, 0.15) is 17.3 Å². The van der Waals surface area contributed by atoms with Gasteiger partial charge in [0, 0.05) is 43.9 Å². The number of carbonyl (C=O) groups excluding carboxylic acids is 1. The number of carbonyl (C=O) groups is 1. The summed E-state index contributed by atoms with van der Waals surface area (Å²) in [6, 6.07) is 8.48. The van der Waals surface area contributed by atoms with Gasteiger partial charge in [-0.3, -0.25) is 0 Å². The van der Waals surface area contributed by atoms with Gasteiger partial charge in [-0.1, -0.05) is 12.1 Å². The number of hydrogen-bond donors (Lipinski definition) is 3. The molecule has 10 heteroatoms. The standard InChI is InChI=1S/C24H26FN7O2/c1-14-4-5-15-17(10-14)28-24(33)29-19-13-26-23(30-22(15)19)27-18-11-16(25)20(12-21(18)34-3)32-8-6-31(2)7-9-32/h4-5,10-13H,6-9H2,1-3H3,(H,26,27,30)(H2,28,29,33). The lowest BCUT2D eigenvalue weighted by molar-refractivity contribution is 0.262. The Morgan fingerprint density at radius 1 is 1.09 bits per heavy atom. The Kier molecular flexibility index (Phi) is 5.66. The third-order valence-corrected chi connectivity index (χ3v) is 6.07. The highest BCUT2D eigenvalue weighted by atomic mass is 19.1. The molecule has 34 heavy (non-hydrogen) atoms. The highest BCUT2D eigenvalue weighted by Crippen LogP contribution is 2.38. The van der Waals surface area contributed by atoms with Crippen LogP contribution in [0.3, 0.4) is 0 Å². The van der Waals surface area contributed by atoms with Crippen molar-refractivity contribution in [1.82, 2.24) is 14.9 Å². The van der Waals surface area contributed by atoms with Crippen LogP contribution in [0.15, 0.2) is 36.5 Å². The van der Waals surface area contributed by atoms with Crippen LogP contribution in [0.2, 0.25) is 0 Å².